The van der Waals surface area contributed by atoms with E-state index >= 15 is 0 Å². The van der Waals surface area contributed by atoms with Gasteiger partial charge in [0.1, 0.15) is 11.3 Å². The molecule has 0 amide bonds. The van der Waals surface area contributed by atoms with Crippen molar-refractivity contribution >= 4 is 5.97 Å². The van der Waals surface area contributed by atoms with Crippen LogP contribution in [0.5, 0.6) is 5.75 Å². The number of benzene rings is 1. The number of ether oxygens (including phenoxy) is 1. The summed E-state index contributed by atoms with van der Waals surface area (Å²) in [5.41, 5.74) is 0.785. The second-order valence-electron chi connectivity index (χ2n) is 5.84. The normalized spacial score (nSPS) is 11.4. The second-order valence-corrected chi connectivity index (χ2v) is 5.84. The van der Waals surface area contributed by atoms with E-state index in [-0.39, 0.29) is 23.3 Å². The number of carbonyl (C=O) groups is 1. The molecule has 1 heterocycles. The van der Waals surface area contributed by atoms with Crippen LogP contribution in [0.3, 0.4) is 0 Å². The summed E-state index contributed by atoms with van der Waals surface area (Å²) in [5.74, 6) is 0.0884. The van der Waals surface area contributed by atoms with Gasteiger partial charge in [0.25, 0.3) is 5.89 Å². The van der Waals surface area contributed by atoms with Gasteiger partial charge in [-0.3, -0.25) is 0 Å². The minimum Gasteiger partial charge on any atom is -0.483 e. The Hall–Kier alpha value is -2.37. The molecule has 0 saturated carbocycles. The van der Waals surface area contributed by atoms with Gasteiger partial charge < -0.3 is 14.3 Å². The zero-order chi connectivity index (χ0) is 15.6. The Kier molecular flexibility index (Phi) is 3.97. The predicted octanol–water partition coefficient (Wildman–Crippen LogP) is 2.95. The maximum absolute atomic E-state index is 11.1. The fourth-order valence-corrected chi connectivity index (χ4v) is 1.68. The van der Waals surface area contributed by atoms with Gasteiger partial charge in [0.05, 0.1) is 0 Å². The van der Waals surface area contributed by atoms with Gasteiger partial charge >= 0.3 is 5.97 Å². The van der Waals surface area contributed by atoms with E-state index in [1.807, 2.05) is 27.7 Å². The van der Waals surface area contributed by atoms with E-state index in [0.29, 0.717) is 11.8 Å². The highest BCUT2D eigenvalue weighted by molar-refractivity contribution is 5.90. The standard InChI is InChI=1S/C15H18N2O4/c1-9-5-6-10(13(18)19)11(7-9)20-8-12-16-17-14(21-12)15(2,3)4/h5-7H,8H2,1-4H3,(H,18,19). The smallest absolute Gasteiger partial charge is 0.339 e. The fraction of sp³-hybridized carbons (Fsp3) is 0.400. The molecule has 2 rings (SSSR count). The summed E-state index contributed by atoms with van der Waals surface area (Å²) in [6, 6.07) is 4.91. The number of hydrogen-bond acceptors (Lipinski definition) is 5. The molecule has 21 heavy (non-hydrogen) atoms. The third kappa shape index (κ3) is 3.59. The average Bonchev–Trinajstić information content (AvgIpc) is 2.84. The molecular weight excluding hydrogens is 272 g/mol. The maximum Gasteiger partial charge on any atom is 0.339 e. The highest BCUT2D eigenvalue weighted by atomic mass is 16.5. The minimum atomic E-state index is -1.04. The van der Waals surface area contributed by atoms with Crippen LogP contribution in [-0.4, -0.2) is 21.3 Å². The van der Waals surface area contributed by atoms with Crippen LogP contribution < -0.4 is 4.74 Å². The number of carboxylic acids is 1. The minimum absolute atomic E-state index is 0.0345. The molecule has 0 aliphatic rings. The van der Waals surface area contributed by atoms with Crippen LogP contribution in [0.1, 0.15) is 48.5 Å². The van der Waals surface area contributed by atoms with Gasteiger partial charge in [0, 0.05) is 5.41 Å². The van der Waals surface area contributed by atoms with Crippen LogP contribution in [-0.2, 0) is 12.0 Å². The van der Waals surface area contributed by atoms with Crippen molar-refractivity contribution in [2.75, 3.05) is 0 Å². The van der Waals surface area contributed by atoms with Gasteiger partial charge in [0.2, 0.25) is 5.89 Å². The first-order valence-corrected chi connectivity index (χ1v) is 6.57. The molecule has 0 aliphatic carbocycles. The van der Waals surface area contributed by atoms with E-state index in [1.165, 1.54) is 6.07 Å². The fourth-order valence-electron chi connectivity index (χ4n) is 1.68. The highest BCUT2D eigenvalue weighted by Gasteiger charge is 2.21. The molecule has 0 aliphatic heterocycles. The summed E-state index contributed by atoms with van der Waals surface area (Å²) < 4.78 is 11.0. The second kappa shape index (κ2) is 5.55. The Morgan fingerprint density at radius 3 is 2.62 bits per heavy atom. The van der Waals surface area contributed by atoms with Crippen LogP contribution in [0.4, 0.5) is 0 Å². The summed E-state index contributed by atoms with van der Waals surface area (Å²) in [6.45, 7) is 7.80. The molecule has 6 heteroatoms. The molecule has 1 N–H and O–H groups in total. The monoisotopic (exact) mass is 290 g/mol. The van der Waals surface area contributed by atoms with Crippen molar-refractivity contribution in [3.63, 3.8) is 0 Å². The van der Waals surface area contributed by atoms with Crippen molar-refractivity contribution < 1.29 is 19.1 Å². The molecule has 6 nitrogen and oxygen atoms in total. The largest absolute Gasteiger partial charge is 0.483 e. The molecule has 2 aromatic rings. The summed E-state index contributed by atoms with van der Waals surface area (Å²) >= 11 is 0. The topological polar surface area (TPSA) is 85.5 Å². The first-order valence-electron chi connectivity index (χ1n) is 6.57. The lowest BCUT2D eigenvalue weighted by Crippen LogP contribution is -2.11. The number of nitrogens with zero attached hydrogens (tertiary/aromatic N) is 2. The third-order valence-corrected chi connectivity index (χ3v) is 2.83. The molecule has 0 radical (unpaired) electrons. The zero-order valence-corrected chi connectivity index (χ0v) is 12.5. The Balaban J connectivity index is 2.15. The molecule has 112 valence electrons. The van der Waals surface area contributed by atoms with Crippen molar-refractivity contribution in [2.24, 2.45) is 0 Å². The number of rotatable bonds is 4. The maximum atomic E-state index is 11.1. The van der Waals surface area contributed by atoms with E-state index < -0.39 is 5.97 Å². The van der Waals surface area contributed by atoms with E-state index in [1.54, 1.807) is 12.1 Å². The summed E-state index contributed by atoms with van der Waals surface area (Å²) in [5, 5.41) is 17.0. The Bertz CT molecular complexity index is 656. The zero-order valence-electron chi connectivity index (χ0n) is 12.5. The van der Waals surface area contributed by atoms with Gasteiger partial charge in [-0.1, -0.05) is 26.8 Å². The SMILES string of the molecule is Cc1ccc(C(=O)O)c(OCc2nnc(C(C)(C)C)o2)c1. The van der Waals surface area contributed by atoms with E-state index in [4.69, 9.17) is 14.3 Å². The lowest BCUT2D eigenvalue weighted by atomic mass is 9.97. The molecule has 1 aromatic carbocycles. The van der Waals surface area contributed by atoms with Crippen molar-refractivity contribution in [2.45, 2.75) is 39.7 Å². The first kappa shape index (κ1) is 15.0. The molecular formula is C15H18N2O4. The molecule has 0 atom stereocenters. The number of aromatic nitrogens is 2. The van der Waals surface area contributed by atoms with Crippen LogP contribution in [0, 0.1) is 6.92 Å². The van der Waals surface area contributed by atoms with Gasteiger partial charge in [-0.2, -0.15) is 0 Å². The van der Waals surface area contributed by atoms with Crippen molar-refractivity contribution in [3.05, 3.63) is 41.1 Å². The van der Waals surface area contributed by atoms with Crippen LogP contribution in [0.25, 0.3) is 0 Å². The van der Waals surface area contributed by atoms with Gasteiger partial charge in [-0.05, 0) is 24.6 Å². The third-order valence-electron chi connectivity index (χ3n) is 2.83. The number of aromatic carboxylic acids is 1. The van der Waals surface area contributed by atoms with Gasteiger partial charge in [0.15, 0.2) is 6.61 Å². The van der Waals surface area contributed by atoms with Crippen LogP contribution >= 0.6 is 0 Å². The Morgan fingerprint density at radius 2 is 2.05 bits per heavy atom. The van der Waals surface area contributed by atoms with Crippen molar-refractivity contribution in [3.8, 4) is 5.75 Å². The quantitative estimate of drug-likeness (QED) is 0.931. The van der Waals surface area contributed by atoms with Gasteiger partial charge in [-0.25, -0.2) is 4.79 Å². The molecule has 0 saturated heterocycles. The summed E-state index contributed by atoms with van der Waals surface area (Å²) in [6.07, 6.45) is 0. The summed E-state index contributed by atoms with van der Waals surface area (Å²) in [4.78, 5) is 11.1. The predicted molar refractivity (Wildman–Crippen MR) is 75.5 cm³/mol. The van der Waals surface area contributed by atoms with E-state index in [2.05, 4.69) is 10.2 Å². The number of hydrogen-bond donors (Lipinski definition) is 1. The lowest BCUT2D eigenvalue weighted by molar-refractivity contribution is 0.0691. The van der Waals surface area contributed by atoms with Crippen LogP contribution in [0.15, 0.2) is 22.6 Å². The molecule has 0 fully saturated rings. The van der Waals surface area contributed by atoms with Crippen molar-refractivity contribution in [1.29, 1.82) is 0 Å². The lowest BCUT2D eigenvalue weighted by Gasteiger charge is -2.11. The van der Waals surface area contributed by atoms with E-state index in [0.717, 1.165) is 5.56 Å². The average molecular weight is 290 g/mol. The Morgan fingerprint density at radius 1 is 1.33 bits per heavy atom. The molecule has 1 aromatic heterocycles. The van der Waals surface area contributed by atoms with E-state index in [9.17, 15) is 4.79 Å². The molecule has 0 spiro atoms. The van der Waals surface area contributed by atoms with Crippen LogP contribution in [0.2, 0.25) is 0 Å². The molecule has 0 unspecified atom stereocenters. The van der Waals surface area contributed by atoms with Crippen molar-refractivity contribution in [1.82, 2.24) is 10.2 Å². The van der Waals surface area contributed by atoms with Gasteiger partial charge in [-0.15, -0.1) is 10.2 Å². The summed E-state index contributed by atoms with van der Waals surface area (Å²) in [7, 11) is 0. The number of aryl methyl sites for hydroxylation is 1. The number of carboxylic acid groups (broad SMARTS) is 1. The molecule has 0 bridgehead atoms. The Labute approximate surface area is 122 Å². The highest BCUT2D eigenvalue weighted by Crippen LogP contribution is 2.23. The first-order chi connectivity index (χ1) is 9.77.